The molecule has 0 fully saturated rings. The van der Waals surface area contributed by atoms with Gasteiger partial charge in [0.1, 0.15) is 0 Å². The lowest BCUT2D eigenvalue weighted by Crippen LogP contribution is -2.15. The third-order valence-corrected chi connectivity index (χ3v) is 1.99. The molecule has 0 amide bonds. The van der Waals surface area contributed by atoms with E-state index in [9.17, 15) is 0 Å². The van der Waals surface area contributed by atoms with Crippen LogP contribution >= 0.6 is 11.9 Å². The van der Waals surface area contributed by atoms with Crippen molar-refractivity contribution in [2.45, 2.75) is 39.4 Å². The molecule has 2 heteroatoms. The van der Waals surface area contributed by atoms with Crippen molar-refractivity contribution in [3.05, 3.63) is 11.8 Å². The van der Waals surface area contributed by atoms with Crippen molar-refractivity contribution in [2.75, 3.05) is 0 Å². The SMILES string of the molecule is C/C=C(\C)NSC(C)(C)C. The first-order chi connectivity index (χ1) is 4.45. The summed E-state index contributed by atoms with van der Waals surface area (Å²) in [5.74, 6) is 0. The van der Waals surface area contributed by atoms with E-state index in [1.165, 1.54) is 5.70 Å². The van der Waals surface area contributed by atoms with Crippen LogP contribution in [0.4, 0.5) is 0 Å². The Hall–Kier alpha value is -0.110. The third-order valence-electron chi connectivity index (χ3n) is 0.951. The molecular formula is C8H17NS. The fourth-order valence-corrected chi connectivity index (χ4v) is 0.878. The van der Waals surface area contributed by atoms with Crippen LogP contribution in [-0.4, -0.2) is 4.75 Å². The van der Waals surface area contributed by atoms with E-state index in [-0.39, 0.29) is 0 Å². The Bertz CT molecular complexity index is 122. The maximum atomic E-state index is 3.25. The summed E-state index contributed by atoms with van der Waals surface area (Å²) < 4.78 is 3.55. The van der Waals surface area contributed by atoms with E-state index in [2.05, 4.69) is 38.5 Å². The highest BCUT2D eigenvalue weighted by atomic mass is 32.2. The smallest absolute Gasteiger partial charge is 0.0273 e. The van der Waals surface area contributed by atoms with Gasteiger partial charge in [0.15, 0.2) is 0 Å². The molecule has 0 aliphatic rings. The number of hydrogen-bond donors (Lipinski definition) is 1. The fourth-order valence-electron chi connectivity index (χ4n) is 0.293. The minimum Gasteiger partial charge on any atom is -0.334 e. The first-order valence-corrected chi connectivity index (χ1v) is 4.34. The van der Waals surface area contributed by atoms with Crippen LogP contribution in [-0.2, 0) is 0 Å². The molecule has 0 radical (unpaired) electrons. The summed E-state index contributed by atoms with van der Waals surface area (Å²) in [6.45, 7) is 10.7. The maximum absolute atomic E-state index is 3.25. The average Bonchev–Trinajstić information content (AvgIpc) is 1.81. The lowest BCUT2D eigenvalue weighted by molar-refractivity contribution is 0.797. The van der Waals surface area contributed by atoms with Crippen LogP contribution in [0.25, 0.3) is 0 Å². The zero-order valence-corrected chi connectivity index (χ0v) is 8.30. The molecule has 0 atom stereocenters. The highest BCUT2D eigenvalue weighted by Gasteiger charge is 2.09. The Balaban J connectivity index is 3.56. The highest BCUT2D eigenvalue weighted by Crippen LogP contribution is 2.20. The molecule has 0 bridgehead atoms. The van der Waals surface area contributed by atoms with Crippen LogP contribution in [0.3, 0.4) is 0 Å². The summed E-state index contributed by atoms with van der Waals surface area (Å²) in [6.07, 6.45) is 2.07. The lowest BCUT2D eigenvalue weighted by atomic mass is 10.3. The second-order valence-corrected chi connectivity index (χ2v) is 4.92. The van der Waals surface area contributed by atoms with E-state index < -0.39 is 0 Å². The largest absolute Gasteiger partial charge is 0.334 e. The van der Waals surface area contributed by atoms with Gasteiger partial charge in [-0.15, -0.1) is 0 Å². The first kappa shape index (κ1) is 9.89. The Kier molecular flexibility index (Phi) is 3.87. The van der Waals surface area contributed by atoms with Gasteiger partial charge in [-0.1, -0.05) is 6.08 Å². The van der Waals surface area contributed by atoms with Gasteiger partial charge in [-0.05, 0) is 46.6 Å². The van der Waals surface area contributed by atoms with Gasteiger partial charge in [-0.3, -0.25) is 0 Å². The van der Waals surface area contributed by atoms with Crippen LogP contribution in [0.15, 0.2) is 11.8 Å². The van der Waals surface area contributed by atoms with Crippen LogP contribution < -0.4 is 4.72 Å². The minimum atomic E-state index is 0.296. The summed E-state index contributed by atoms with van der Waals surface area (Å²) in [5.41, 5.74) is 1.22. The van der Waals surface area contributed by atoms with Gasteiger partial charge in [0.25, 0.3) is 0 Å². The van der Waals surface area contributed by atoms with E-state index in [0.29, 0.717) is 4.75 Å². The average molecular weight is 159 g/mol. The molecule has 0 aromatic heterocycles. The Labute approximate surface area is 68.4 Å². The van der Waals surface area contributed by atoms with E-state index in [4.69, 9.17) is 0 Å². The third kappa shape index (κ3) is 6.02. The minimum absolute atomic E-state index is 0.296. The Morgan fingerprint density at radius 1 is 1.40 bits per heavy atom. The second-order valence-electron chi connectivity index (χ2n) is 3.29. The molecule has 0 saturated carbocycles. The van der Waals surface area contributed by atoms with E-state index >= 15 is 0 Å². The van der Waals surface area contributed by atoms with E-state index in [0.717, 1.165) is 0 Å². The molecule has 0 aromatic rings. The number of nitrogens with one attached hydrogen (secondary N) is 1. The fraction of sp³-hybridized carbons (Fsp3) is 0.750. The van der Waals surface area contributed by atoms with Gasteiger partial charge >= 0.3 is 0 Å². The quantitative estimate of drug-likeness (QED) is 0.622. The molecule has 0 aromatic carbocycles. The van der Waals surface area contributed by atoms with Crippen LogP contribution in [0, 0.1) is 0 Å². The van der Waals surface area contributed by atoms with Gasteiger partial charge in [0, 0.05) is 10.4 Å². The Morgan fingerprint density at radius 3 is 2.20 bits per heavy atom. The van der Waals surface area contributed by atoms with Crippen molar-refractivity contribution in [1.82, 2.24) is 4.72 Å². The monoisotopic (exact) mass is 159 g/mol. The van der Waals surface area contributed by atoms with Gasteiger partial charge in [0.2, 0.25) is 0 Å². The van der Waals surface area contributed by atoms with Gasteiger partial charge < -0.3 is 4.72 Å². The van der Waals surface area contributed by atoms with Crippen LogP contribution in [0.2, 0.25) is 0 Å². The van der Waals surface area contributed by atoms with Crippen LogP contribution in [0.1, 0.15) is 34.6 Å². The van der Waals surface area contributed by atoms with Crippen LogP contribution in [0.5, 0.6) is 0 Å². The van der Waals surface area contributed by atoms with Gasteiger partial charge in [0.05, 0.1) is 0 Å². The molecule has 0 heterocycles. The van der Waals surface area contributed by atoms with E-state index in [1.54, 1.807) is 11.9 Å². The lowest BCUT2D eigenvalue weighted by Gasteiger charge is -2.18. The van der Waals surface area contributed by atoms with Crippen molar-refractivity contribution in [1.29, 1.82) is 0 Å². The molecule has 1 nitrogen and oxygen atoms in total. The van der Waals surface area contributed by atoms with Crippen molar-refractivity contribution in [2.24, 2.45) is 0 Å². The summed E-state index contributed by atoms with van der Waals surface area (Å²) >= 11 is 1.75. The van der Waals surface area contributed by atoms with E-state index in [1.807, 2.05) is 6.92 Å². The number of hydrogen-bond acceptors (Lipinski definition) is 2. The second kappa shape index (κ2) is 3.91. The zero-order chi connectivity index (χ0) is 8.20. The van der Waals surface area contributed by atoms with Crippen molar-refractivity contribution < 1.29 is 0 Å². The summed E-state index contributed by atoms with van der Waals surface area (Å²) in [5, 5.41) is 0. The standard InChI is InChI=1S/C8H17NS/c1-6-7(2)9-10-8(3,4)5/h6,9H,1-5H3/b7-6+. The molecule has 0 unspecified atom stereocenters. The Morgan fingerprint density at radius 2 is 1.90 bits per heavy atom. The highest BCUT2D eigenvalue weighted by molar-refractivity contribution is 7.98. The number of rotatable bonds is 2. The topological polar surface area (TPSA) is 12.0 Å². The summed E-state index contributed by atoms with van der Waals surface area (Å²) in [7, 11) is 0. The molecule has 60 valence electrons. The van der Waals surface area contributed by atoms with Gasteiger partial charge in [-0.25, -0.2) is 0 Å². The van der Waals surface area contributed by atoms with Crippen molar-refractivity contribution >= 4 is 11.9 Å². The molecule has 0 saturated heterocycles. The molecule has 0 rings (SSSR count). The predicted molar refractivity (Wildman–Crippen MR) is 49.9 cm³/mol. The van der Waals surface area contributed by atoms with Crippen molar-refractivity contribution in [3.8, 4) is 0 Å². The summed E-state index contributed by atoms with van der Waals surface area (Å²) in [6, 6.07) is 0. The zero-order valence-electron chi connectivity index (χ0n) is 7.49. The van der Waals surface area contributed by atoms with Gasteiger partial charge in [-0.2, -0.15) is 0 Å². The molecular weight excluding hydrogens is 142 g/mol. The van der Waals surface area contributed by atoms with Crippen molar-refractivity contribution in [3.63, 3.8) is 0 Å². The molecule has 0 aliphatic carbocycles. The summed E-state index contributed by atoms with van der Waals surface area (Å²) in [4.78, 5) is 0. The molecule has 0 aliphatic heterocycles. The molecule has 0 spiro atoms. The first-order valence-electron chi connectivity index (χ1n) is 3.52. The predicted octanol–water partition coefficient (Wildman–Crippen LogP) is 2.95. The molecule has 1 N–H and O–H groups in total. The number of allylic oxidation sites excluding steroid dienone is 2. The molecule has 10 heavy (non-hydrogen) atoms. The maximum Gasteiger partial charge on any atom is 0.0273 e. The normalized spacial score (nSPS) is 13.5.